The monoisotopic (exact) mass is 462 g/mol. The molecule has 3 heterocycles. The van der Waals surface area contributed by atoms with Gasteiger partial charge in [0.25, 0.3) is 0 Å². The molecule has 0 bridgehead atoms. The van der Waals surface area contributed by atoms with Crippen molar-refractivity contribution in [1.82, 2.24) is 20.2 Å². The third-order valence-corrected chi connectivity index (χ3v) is 6.64. The molecule has 1 fully saturated rings. The Morgan fingerprint density at radius 2 is 1.88 bits per heavy atom. The SMILES string of the molecule is COC(=O)c1cnc(N2CCN(c3nnc(Cc4ccc(F)cc4)c4c3CCC4)CC2C)cn1. The predicted octanol–water partition coefficient (Wildman–Crippen LogP) is 2.99. The van der Waals surface area contributed by atoms with E-state index in [1.54, 1.807) is 6.20 Å². The number of hydrogen-bond acceptors (Lipinski definition) is 8. The van der Waals surface area contributed by atoms with Gasteiger partial charge in [0.2, 0.25) is 0 Å². The molecule has 34 heavy (non-hydrogen) atoms. The highest BCUT2D eigenvalue weighted by Crippen LogP contribution is 2.33. The van der Waals surface area contributed by atoms with Crippen molar-refractivity contribution in [2.24, 2.45) is 0 Å². The molecule has 2 aliphatic rings. The molecule has 1 aromatic carbocycles. The van der Waals surface area contributed by atoms with Crippen molar-refractivity contribution in [3.8, 4) is 0 Å². The first-order chi connectivity index (χ1) is 16.5. The second-order valence-corrected chi connectivity index (χ2v) is 8.82. The quantitative estimate of drug-likeness (QED) is 0.535. The van der Waals surface area contributed by atoms with E-state index in [9.17, 15) is 9.18 Å². The number of carbonyl (C=O) groups is 1. The summed E-state index contributed by atoms with van der Waals surface area (Å²) in [5.41, 5.74) is 4.84. The molecule has 0 spiro atoms. The Morgan fingerprint density at radius 3 is 2.59 bits per heavy atom. The van der Waals surface area contributed by atoms with Crippen LogP contribution in [0.5, 0.6) is 0 Å². The minimum Gasteiger partial charge on any atom is -0.464 e. The minimum absolute atomic E-state index is 0.185. The summed E-state index contributed by atoms with van der Waals surface area (Å²) in [6.45, 7) is 4.50. The van der Waals surface area contributed by atoms with Crippen LogP contribution in [-0.4, -0.2) is 58.9 Å². The number of esters is 1. The third kappa shape index (κ3) is 4.30. The van der Waals surface area contributed by atoms with Crippen molar-refractivity contribution in [3.63, 3.8) is 0 Å². The minimum atomic E-state index is -0.493. The number of piperazine rings is 1. The van der Waals surface area contributed by atoms with Gasteiger partial charge in [0.05, 0.1) is 25.2 Å². The lowest BCUT2D eigenvalue weighted by molar-refractivity contribution is 0.0593. The number of fused-ring (bicyclic) bond motifs is 1. The molecule has 0 radical (unpaired) electrons. The topological polar surface area (TPSA) is 84.3 Å². The summed E-state index contributed by atoms with van der Waals surface area (Å²) in [6.07, 6.45) is 6.86. The van der Waals surface area contributed by atoms with E-state index in [0.29, 0.717) is 6.42 Å². The number of halogens is 1. The van der Waals surface area contributed by atoms with Gasteiger partial charge in [-0.1, -0.05) is 12.1 Å². The van der Waals surface area contributed by atoms with Crippen LogP contribution in [0.4, 0.5) is 16.0 Å². The average Bonchev–Trinajstić information content (AvgIpc) is 3.36. The van der Waals surface area contributed by atoms with Crippen LogP contribution < -0.4 is 9.80 Å². The number of anilines is 2. The highest BCUT2D eigenvalue weighted by Gasteiger charge is 2.30. The first-order valence-electron chi connectivity index (χ1n) is 11.6. The second kappa shape index (κ2) is 9.32. The van der Waals surface area contributed by atoms with Gasteiger partial charge in [0.1, 0.15) is 11.6 Å². The summed E-state index contributed by atoms with van der Waals surface area (Å²) in [7, 11) is 1.33. The first-order valence-corrected chi connectivity index (χ1v) is 11.6. The van der Waals surface area contributed by atoms with E-state index in [2.05, 4.69) is 36.9 Å². The van der Waals surface area contributed by atoms with Gasteiger partial charge < -0.3 is 14.5 Å². The summed E-state index contributed by atoms with van der Waals surface area (Å²) in [4.78, 5) is 24.8. The number of ether oxygens (including phenoxy) is 1. The summed E-state index contributed by atoms with van der Waals surface area (Å²) < 4.78 is 18.0. The highest BCUT2D eigenvalue weighted by atomic mass is 19.1. The molecule has 8 nitrogen and oxygen atoms in total. The fourth-order valence-electron chi connectivity index (χ4n) is 4.90. The standard InChI is InChI=1S/C25H27FN6O2/c1-16-15-31(10-11-32(16)23-14-27-22(13-28-23)25(33)34-2)24-20-5-3-4-19(20)21(29-30-24)12-17-6-8-18(26)9-7-17/h6-9,13-14,16H,3-5,10-12,15H2,1-2H3. The van der Waals surface area contributed by atoms with Gasteiger partial charge in [0, 0.05) is 37.7 Å². The molecule has 2 aromatic heterocycles. The third-order valence-electron chi connectivity index (χ3n) is 6.64. The van der Waals surface area contributed by atoms with Crippen LogP contribution >= 0.6 is 0 Å². The molecule has 0 saturated carbocycles. The van der Waals surface area contributed by atoms with Crippen LogP contribution in [0.3, 0.4) is 0 Å². The van der Waals surface area contributed by atoms with E-state index in [0.717, 1.165) is 61.8 Å². The van der Waals surface area contributed by atoms with Crippen LogP contribution in [0.15, 0.2) is 36.7 Å². The Morgan fingerprint density at radius 1 is 1.09 bits per heavy atom. The Hall–Kier alpha value is -3.62. The second-order valence-electron chi connectivity index (χ2n) is 8.82. The van der Waals surface area contributed by atoms with Crippen molar-refractivity contribution >= 4 is 17.6 Å². The molecular formula is C25H27FN6O2. The van der Waals surface area contributed by atoms with Crippen molar-refractivity contribution in [2.45, 2.75) is 38.6 Å². The van der Waals surface area contributed by atoms with E-state index >= 15 is 0 Å². The number of benzene rings is 1. The molecule has 1 unspecified atom stereocenters. The Labute approximate surface area is 197 Å². The number of hydrogen-bond donors (Lipinski definition) is 0. The average molecular weight is 463 g/mol. The number of rotatable bonds is 5. The summed E-state index contributed by atoms with van der Waals surface area (Å²) in [5, 5.41) is 9.28. The summed E-state index contributed by atoms with van der Waals surface area (Å²) >= 11 is 0. The molecule has 5 rings (SSSR count). The molecule has 9 heteroatoms. The lowest BCUT2D eigenvalue weighted by Gasteiger charge is -2.41. The van der Waals surface area contributed by atoms with Gasteiger partial charge in [-0.05, 0) is 49.4 Å². The number of methoxy groups -OCH3 is 1. The fourth-order valence-corrected chi connectivity index (χ4v) is 4.90. The summed E-state index contributed by atoms with van der Waals surface area (Å²) in [5.74, 6) is 1.00. The zero-order valence-corrected chi connectivity index (χ0v) is 19.4. The number of carbonyl (C=O) groups excluding carboxylic acids is 1. The van der Waals surface area contributed by atoms with E-state index in [-0.39, 0.29) is 17.6 Å². The lowest BCUT2D eigenvalue weighted by atomic mass is 10.0. The summed E-state index contributed by atoms with van der Waals surface area (Å²) in [6, 6.07) is 6.79. The Bertz CT molecular complexity index is 1190. The van der Waals surface area contributed by atoms with Gasteiger partial charge >= 0.3 is 5.97 Å². The molecule has 1 atom stereocenters. The number of nitrogens with zero attached hydrogens (tertiary/aromatic N) is 6. The Kier molecular flexibility index (Phi) is 6.08. The maximum Gasteiger partial charge on any atom is 0.358 e. The first kappa shape index (κ1) is 22.2. The molecule has 1 aliphatic carbocycles. The van der Waals surface area contributed by atoms with Crippen molar-refractivity contribution in [1.29, 1.82) is 0 Å². The zero-order valence-electron chi connectivity index (χ0n) is 19.4. The molecule has 1 aliphatic heterocycles. The maximum absolute atomic E-state index is 13.3. The van der Waals surface area contributed by atoms with Gasteiger partial charge in [-0.15, -0.1) is 5.10 Å². The number of aromatic nitrogens is 4. The van der Waals surface area contributed by atoms with Gasteiger partial charge in [-0.3, -0.25) is 0 Å². The van der Waals surface area contributed by atoms with E-state index in [4.69, 9.17) is 4.74 Å². The maximum atomic E-state index is 13.3. The van der Waals surface area contributed by atoms with Gasteiger partial charge in [-0.2, -0.15) is 5.10 Å². The van der Waals surface area contributed by atoms with E-state index < -0.39 is 5.97 Å². The van der Waals surface area contributed by atoms with Crippen LogP contribution in [0.1, 0.15) is 46.2 Å². The molecule has 3 aromatic rings. The van der Waals surface area contributed by atoms with Crippen molar-refractivity contribution < 1.29 is 13.9 Å². The van der Waals surface area contributed by atoms with Crippen molar-refractivity contribution in [3.05, 3.63) is 70.6 Å². The van der Waals surface area contributed by atoms with E-state index in [1.165, 1.54) is 36.6 Å². The van der Waals surface area contributed by atoms with Crippen molar-refractivity contribution in [2.75, 3.05) is 36.5 Å². The van der Waals surface area contributed by atoms with Crippen LogP contribution in [-0.2, 0) is 24.0 Å². The largest absolute Gasteiger partial charge is 0.464 e. The van der Waals surface area contributed by atoms with Gasteiger partial charge in [0.15, 0.2) is 11.5 Å². The van der Waals surface area contributed by atoms with E-state index in [1.807, 2.05) is 12.1 Å². The lowest BCUT2D eigenvalue weighted by Crippen LogP contribution is -2.53. The Balaban J connectivity index is 1.32. The highest BCUT2D eigenvalue weighted by molar-refractivity contribution is 5.86. The normalized spacial score (nSPS) is 17.6. The molecule has 176 valence electrons. The van der Waals surface area contributed by atoms with Crippen LogP contribution in [0, 0.1) is 5.82 Å². The molecule has 1 saturated heterocycles. The molecule has 0 N–H and O–H groups in total. The molecular weight excluding hydrogens is 435 g/mol. The van der Waals surface area contributed by atoms with Crippen LogP contribution in [0.25, 0.3) is 0 Å². The van der Waals surface area contributed by atoms with Gasteiger partial charge in [-0.25, -0.2) is 19.2 Å². The van der Waals surface area contributed by atoms with Crippen LogP contribution in [0.2, 0.25) is 0 Å². The fraction of sp³-hybridized carbons (Fsp3) is 0.400. The predicted molar refractivity (Wildman–Crippen MR) is 126 cm³/mol. The zero-order chi connectivity index (χ0) is 23.7. The smallest absolute Gasteiger partial charge is 0.358 e. The molecule has 0 amide bonds.